The van der Waals surface area contributed by atoms with Crippen molar-refractivity contribution in [3.8, 4) is 0 Å². The highest BCUT2D eigenvalue weighted by molar-refractivity contribution is 7.99. The molecule has 92 valence electrons. The van der Waals surface area contributed by atoms with Gasteiger partial charge in [0, 0.05) is 6.04 Å². The molecule has 0 aliphatic rings. The molecule has 2 unspecified atom stereocenters. The van der Waals surface area contributed by atoms with Crippen molar-refractivity contribution in [3.63, 3.8) is 0 Å². The molecule has 0 saturated heterocycles. The molecule has 0 aliphatic carbocycles. The zero-order valence-corrected chi connectivity index (χ0v) is 11.3. The zero-order valence-electron chi connectivity index (χ0n) is 10.5. The van der Waals surface area contributed by atoms with E-state index < -0.39 is 0 Å². The molecule has 0 spiro atoms. The Morgan fingerprint density at radius 3 is 2.60 bits per heavy atom. The average molecular weight is 233 g/mol. The molecule has 0 heterocycles. The third kappa shape index (κ3) is 9.21. The number of nitrogens with one attached hydrogen (secondary N) is 1. The Bertz CT molecular complexity index is 133. The third-order valence-electron chi connectivity index (χ3n) is 2.61. The Hall–Kier alpha value is 0.270. The van der Waals surface area contributed by atoms with E-state index in [2.05, 4.69) is 26.1 Å². The Morgan fingerprint density at radius 2 is 2.07 bits per heavy atom. The predicted octanol–water partition coefficient (Wildman–Crippen LogP) is 2.52. The molecule has 0 rings (SSSR count). The third-order valence-corrected chi connectivity index (χ3v) is 3.94. The summed E-state index contributed by atoms with van der Waals surface area (Å²) < 4.78 is 0. The normalized spacial score (nSPS) is 15.2. The first-order chi connectivity index (χ1) is 7.24. The van der Waals surface area contributed by atoms with Gasteiger partial charge in [-0.15, -0.1) is 0 Å². The summed E-state index contributed by atoms with van der Waals surface area (Å²) >= 11 is 2.01. The number of aliphatic hydroxyl groups is 1. The minimum absolute atomic E-state index is 0.268. The molecule has 0 aromatic carbocycles. The van der Waals surface area contributed by atoms with Crippen LogP contribution in [-0.2, 0) is 0 Å². The van der Waals surface area contributed by atoms with Crippen molar-refractivity contribution >= 4 is 11.8 Å². The van der Waals surface area contributed by atoms with Gasteiger partial charge in [0.15, 0.2) is 0 Å². The molecule has 0 amide bonds. The molecule has 0 fully saturated rings. The topological polar surface area (TPSA) is 32.3 Å². The first-order valence-corrected chi connectivity index (χ1v) is 7.32. The molecule has 0 aromatic heterocycles. The van der Waals surface area contributed by atoms with Crippen molar-refractivity contribution in [2.24, 2.45) is 5.92 Å². The second kappa shape index (κ2) is 10.8. The number of thioether (sulfide) groups is 1. The molecular formula is C12H27NOS. The summed E-state index contributed by atoms with van der Waals surface area (Å²) in [7, 11) is 0. The first-order valence-electron chi connectivity index (χ1n) is 6.16. The highest BCUT2D eigenvalue weighted by Gasteiger charge is 2.06. The number of hydrogen-bond donors (Lipinski definition) is 2. The van der Waals surface area contributed by atoms with Gasteiger partial charge in [0.25, 0.3) is 0 Å². The quantitative estimate of drug-likeness (QED) is 0.569. The molecule has 2 N–H and O–H groups in total. The summed E-state index contributed by atoms with van der Waals surface area (Å²) in [6.07, 6.45) is 3.48. The first kappa shape index (κ1) is 15.3. The van der Waals surface area contributed by atoms with Crippen molar-refractivity contribution in [3.05, 3.63) is 0 Å². The smallest absolute Gasteiger partial charge is 0.0584 e. The lowest BCUT2D eigenvalue weighted by molar-refractivity contribution is 0.240. The lowest BCUT2D eigenvalue weighted by Gasteiger charge is -2.15. The standard InChI is InChI=1S/C12H27NOS/c1-4-7-13-12(9-14)6-8-15-10-11(3)5-2/h11-14H,4-10H2,1-3H3. The van der Waals surface area contributed by atoms with Crippen LogP contribution in [0.3, 0.4) is 0 Å². The monoisotopic (exact) mass is 233 g/mol. The van der Waals surface area contributed by atoms with Gasteiger partial charge < -0.3 is 10.4 Å². The van der Waals surface area contributed by atoms with E-state index in [0.29, 0.717) is 6.04 Å². The maximum atomic E-state index is 9.14. The molecule has 15 heavy (non-hydrogen) atoms. The maximum absolute atomic E-state index is 9.14. The summed E-state index contributed by atoms with van der Waals surface area (Å²) in [6.45, 7) is 7.97. The van der Waals surface area contributed by atoms with Gasteiger partial charge in [-0.3, -0.25) is 0 Å². The summed E-state index contributed by atoms with van der Waals surface area (Å²) in [5.41, 5.74) is 0. The fraction of sp³-hybridized carbons (Fsp3) is 1.00. The van der Waals surface area contributed by atoms with E-state index in [1.165, 1.54) is 12.2 Å². The molecule has 0 aromatic rings. The van der Waals surface area contributed by atoms with Crippen LogP contribution in [0.25, 0.3) is 0 Å². The van der Waals surface area contributed by atoms with E-state index in [1.807, 2.05) is 11.8 Å². The minimum Gasteiger partial charge on any atom is -0.395 e. The van der Waals surface area contributed by atoms with Crippen molar-refractivity contribution in [1.82, 2.24) is 5.32 Å². The van der Waals surface area contributed by atoms with Crippen molar-refractivity contribution < 1.29 is 5.11 Å². The van der Waals surface area contributed by atoms with Crippen LogP contribution >= 0.6 is 11.8 Å². The highest BCUT2D eigenvalue weighted by Crippen LogP contribution is 2.12. The van der Waals surface area contributed by atoms with Gasteiger partial charge >= 0.3 is 0 Å². The van der Waals surface area contributed by atoms with Crippen molar-refractivity contribution in [2.45, 2.75) is 46.1 Å². The van der Waals surface area contributed by atoms with Crippen LogP contribution in [0.5, 0.6) is 0 Å². The minimum atomic E-state index is 0.268. The Labute approximate surface area is 99.2 Å². The van der Waals surface area contributed by atoms with Gasteiger partial charge in [-0.2, -0.15) is 11.8 Å². The molecule has 3 heteroatoms. The maximum Gasteiger partial charge on any atom is 0.0584 e. The average Bonchev–Trinajstić information content (AvgIpc) is 2.27. The van der Waals surface area contributed by atoms with Crippen LogP contribution in [0, 0.1) is 5.92 Å². The lowest BCUT2D eigenvalue weighted by atomic mass is 10.2. The van der Waals surface area contributed by atoms with E-state index in [4.69, 9.17) is 5.11 Å². The van der Waals surface area contributed by atoms with E-state index >= 15 is 0 Å². The summed E-state index contributed by atoms with van der Waals surface area (Å²) in [6, 6.07) is 0.300. The SMILES string of the molecule is CCCNC(CO)CCSCC(C)CC. The molecule has 2 nitrogen and oxygen atoms in total. The van der Waals surface area contributed by atoms with Gasteiger partial charge in [0.05, 0.1) is 6.61 Å². The van der Waals surface area contributed by atoms with Crippen LogP contribution in [-0.4, -0.2) is 35.8 Å². The molecule has 0 radical (unpaired) electrons. The van der Waals surface area contributed by atoms with Crippen LogP contribution in [0.1, 0.15) is 40.0 Å². The van der Waals surface area contributed by atoms with E-state index in [9.17, 15) is 0 Å². The zero-order chi connectivity index (χ0) is 11.5. The van der Waals surface area contributed by atoms with E-state index in [-0.39, 0.29) is 6.61 Å². The molecular weight excluding hydrogens is 206 g/mol. The van der Waals surface area contributed by atoms with Gasteiger partial charge in [-0.05, 0) is 36.8 Å². The second-order valence-corrected chi connectivity index (χ2v) is 5.36. The Balaban J connectivity index is 3.37. The van der Waals surface area contributed by atoms with E-state index in [0.717, 1.165) is 31.1 Å². The van der Waals surface area contributed by atoms with Crippen LogP contribution in [0.15, 0.2) is 0 Å². The lowest BCUT2D eigenvalue weighted by Crippen LogP contribution is -2.33. The largest absolute Gasteiger partial charge is 0.395 e. The Kier molecular flexibility index (Phi) is 11.0. The fourth-order valence-electron chi connectivity index (χ4n) is 1.23. The number of rotatable bonds is 10. The molecule has 0 bridgehead atoms. The molecule has 2 atom stereocenters. The van der Waals surface area contributed by atoms with Crippen LogP contribution in [0.4, 0.5) is 0 Å². The van der Waals surface area contributed by atoms with E-state index in [1.54, 1.807) is 0 Å². The summed E-state index contributed by atoms with van der Waals surface area (Å²) in [4.78, 5) is 0. The van der Waals surface area contributed by atoms with Gasteiger partial charge in [-0.25, -0.2) is 0 Å². The highest BCUT2D eigenvalue weighted by atomic mass is 32.2. The fourth-order valence-corrected chi connectivity index (χ4v) is 2.49. The van der Waals surface area contributed by atoms with Gasteiger partial charge in [0.2, 0.25) is 0 Å². The number of aliphatic hydroxyl groups excluding tert-OH is 1. The molecule has 0 aliphatic heterocycles. The molecule has 0 saturated carbocycles. The van der Waals surface area contributed by atoms with Crippen molar-refractivity contribution in [2.75, 3.05) is 24.7 Å². The summed E-state index contributed by atoms with van der Waals surface area (Å²) in [5, 5.41) is 12.5. The van der Waals surface area contributed by atoms with Crippen molar-refractivity contribution in [1.29, 1.82) is 0 Å². The Morgan fingerprint density at radius 1 is 1.33 bits per heavy atom. The van der Waals surface area contributed by atoms with Crippen LogP contribution < -0.4 is 5.32 Å². The van der Waals surface area contributed by atoms with Gasteiger partial charge in [0.1, 0.15) is 0 Å². The predicted molar refractivity (Wildman–Crippen MR) is 70.6 cm³/mol. The summed E-state index contributed by atoms with van der Waals surface area (Å²) in [5.74, 6) is 3.24. The van der Waals surface area contributed by atoms with Gasteiger partial charge in [-0.1, -0.05) is 27.2 Å². The van der Waals surface area contributed by atoms with Crippen LogP contribution in [0.2, 0.25) is 0 Å². The second-order valence-electron chi connectivity index (χ2n) is 4.21. The number of hydrogen-bond acceptors (Lipinski definition) is 3.